The number of fused-ring (bicyclic) bond motifs is 1. The van der Waals surface area contributed by atoms with E-state index in [2.05, 4.69) is 0 Å². The van der Waals surface area contributed by atoms with Crippen LogP contribution in [0.25, 0.3) is 0 Å². The molecule has 0 aliphatic heterocycles. The van der Waals surface area contributed by atoms with Gasteiger partial charge in [-0.15, -0.1) is 11.6 Å². The fourth-order valence-electron chi connectivity index (χ4n) is 3.39. The summed E-state index contributed by atoms with van der Waals surface area (Å²) >= 11 is 12.3. The van der Waals surface area contributed by atoms with Crippen molar-refractivity contribution in [3.05, 3.63) is 34.6 Å². The molecule has 2 fully saturated rings. The van der Waals surface area contributed by atoms with Gasteiger partial charge in [0.2, 0.25) is 0 Å². The predicted molar refractivity (Wildman–Crippen MR) is 69.1 cm³/mol. The Morgan fingerprint density at radius 3 is 2.65 bits per heavy atom. The zero-order valence-electron chi connectivity index (χ0n) is 9.56. The van der Waals surface area contributed by atoms with Crippen LogP contribution in [0.5, 0.6) is 0 Å². The highest BCUT2D eigenvalue weighted by Crippen LogP contribution is 2.61. The van der Waals surface area contributed by atoms with Gasteiger partial charge in [0.05, 0.1) is 0 Å². The summed E-state index contributed by atoms with van der Waals surface area (Å²) in [5, 5.41) is 0.663. The zero-order valence-corrected chi connectivity index (χ0v) is 11.1. The van der Waals surface area contributed by atoms with E-state index in [9.17, 15) is 4.39 Å². The van der Waals surface area contributed by atoms with Crippen LogP contribution >= 0.6 is 23.2 Å². The van der Waals surface area contributed by atoms with Gasteiger partial charge in [-0.2, -0.15) is 0 Å². The number of halogens is 3. The predicted octanol–water partition coefficient (Wildman–Crippen LogP) is 4.68. The van der Waals surface area contributed by atoms with E-state index in [1.807, 2.05) is 0 Å². The van der Waals surface area contributed by atoms with Gasteiger partial charge < -0.3 is 0 Å². The van der Waals surface area contributed by atoms with E-state index < -0.39 is 0 Å². The van der Waals surface area contributed by atoms with Gasteiger partial charge in [-0.25, -0.2) is 4.39 Å². The molecule has 2 saturated carbocycles. The molecular weight excluding hydrogens is 258 g/mol. The lowest BCUT2D eigenvalue weighted by Gasteiger charge is -2.29. The topological polar surface area (TPSA) is 0 Å². The van der Waals surface area contributed by atoms with Crippen LogP contribution in [-0.2, 0) is 6.42 Å². The molecule has 0 radical (unpaired) electrons. The van der Waals surface area contributed by atoms with E-state index in [4.69, 9.17) is 23.2 Å². The highest BCUT2D eigenvalue weighted by molar-refractivity contribution is 6.31. The highest BCUT2D eigenvalue weighted by Gasteiger charge is 2.53. The monoisotopic (exact) mass is 272 g/mol. The summed E-state index contributed by atoms with van der Waals surface area (Å²) in [6, 6.07) is 4.61. The highest BCUT2D eigenvalue weighted by atomic mass is 35.5. The summed E-state index contributed by atoms with van der Waals surface area (Å²) in [6.45, 7) is 0. The first-order chi connectivity index (χ1) is 8.12. The molecule has 0 heterocycles. The number of hydrogen-bond acceptors (Lipinski definition) is 0. The van der Waals surface area contributed by atoms with Crippen LogP contribution in [0.3, 0.4) is 0 Å². The van der Waals surface area contributed by atoms with Gasteiger partial charge in [0.25, 0.3) is 0 Å². The average molecular weight is 273 g/mol. The number of hydrogen-bond donors (Lipinski definition) is 0. The second-order valence-electron chi connectivity index (χ2n) is 5.71. The third-order valence-corrected chi connectivity index (χ3v) is 5.25. The van der Waals surface area contributed by atoms with Crippen LogP contribution < -0.4 is 0 Å². The first-order valence-electron chi connectivity index (χ1n) is 6.12. The minimum absolute atomic E-state index is 0.159. The first kappa shape index (κ1) is 11.8. The second-order valence-corrected chi connectivity index (χ2v) is 6.38. The van der Waals surface area contributed by atoms with Gasteiger partial charge in [0.1, 0.15) is 5.82 Å². The molecule has 92 valence electrons. The van der Waals surface area contributed by atoms with Crippen molar-refractivity contribution < 1.29 is 4.39 Å². The van der Waals surface area contributed by atoms with Crippen LogP contribution in [0.15, 0.2) is 18.2 Å². The summed E-state index contributed by atoms with van der Waals surface area (Å²) in [7, 11) is 0. The number of rotatable bonds is 3. The Bertz CT molecular complexity index is 434. The van der Waals surface area contributed by atoms with E-state index in [0.29, 0.717) is 10.9 Å². The Hall–Kier alpha value is -0.270. The van der Waals surface area contributed by atoms with Gasteiger partial charge in [-0.1, -0.05) is 11.6 Å². The molecule has 0 spiro atoms. The molecule has 0 saturated heterocycles. The van der Waals surface area contributed by atoms with Gasteiger partial charge in [-0.05, 0) is 66.7 Å². The van der Waals surface area contributed by atoms with Crippen molar-refractivity contribution >= 4 is 23.2 Å². The van der Waals surface area contributed by atoms with Crippen LogP contribution in [0.2, 0.25) is 5.02 Å². The lowest BCUT2D eigenvalue weighted by atomic mass is 9.79. The van der Waals surface area contributed by atoms with E-state index in [0.717, 1.165) is 23.8 Å². The minimum Gasteiger partial charge on any atom is -0.207 e. The molecule has 3 heteroatoms. The Balaban J connectivity index is 1.83. The standard InChI is InChI=1S/C14H15Cl2F/c15-8-14(5-9-3-10(9)6-14)7-11-4-12(17)1-2-13(11)16/h1-2,4,9-10H,3,5-8H2. The quantitative estimate of drug-likeness (QED) is 0.701. The number of benzene rings is 1. The van der Waals surface area contributed by atoms with E-state index in [1.165, 1.54) is 25.3 Å². The minimum atomic E-state index is -0.211. The van der Waals surface area contributed by atoms with Crippen molar-refractivity contribution in [1.82, 2.24) is 0 Å². The Morgan fingerprint density at radius 2 is 2.00 bits per heavy atom. The van der Waals surface area contributed by atoms with Crippen molar-refractivity contribution in [3.8, 4) is 0 Å². The maximum atomic E-state index is 13.2. The summed E-state index contributed by atoms with van der Waals surface area (Å²) in [6.07, 6.45) is 4.57. The molecule has 0 amide bonds. The van der Waals surface area contributed by atoms with Gasteiger partial charge in [0.15, 0.2) is 0 Å². The lowest BCUT2D eigenvalue weighted by molar-refractivity contribution is 0.303. The molecule has 1 aromatic carbocycles. The van der Waals surface area contributed by atoms with Gasteiger partial charge in [0, 0.05) is 10.9 Å². The molecule has 0 N–H and O–H groups in total. The largest absolute Gasteiger partial charge is 0.207 e. The summed E-state index contributed by atoms with van der Waals surface area (Å²) in [5.41, 5.74) is 1.07. The lowest BCUT2D eigenvalue weighted by Crippen LogP contribution is -2.24. The summed E-state index contributed by atoms with van der Waals surface area (Å²) < 4.78 is 13.2. The molecular formula is C14H15Cl2F. The molecule has 17 heavy (non-hydrogen) atoms. The average Bonchev–Trinajstić information content (AvgIpc) is 2.92. The first-order valence-corrected chi connectivity index (χ1v) is 7.03. The normalized spacial score (nSPS) is 34.8. The van der Waals surface area contributed by atoms with E-state index >= 15 is 0 Å². The smallest absolute Gasteiger partial charge is 0.123 e. The number of alkyl halides is 1. The third-order valence-electron chi connectivity index (χ3n) is 4.32. The van der Waals surface area contributed by atoms with Crippen LogP contribution in [0.1, 0.15) is 24.8 Å². The Labute approximate surface area is 111 Å². The Kier molecular flexibility index (Phi) is 2.87. The van der Waals surface area contributed by atoms with Crippen molar-refractivity contribution in [2.24, 2.45) is 17.3 Å². The second kappa shape index (κ2) is 4.13. The maximum absolute atomic E-state index is 13.2. The fraction of sp³-hybridized carbons (Fsp3) is 0.571. The molecule has 1 aromatic rings. The van der Waals surface area contributed by atoms with Crippen molar-refractivity contribution in [3.63, 3.8) is 0 Å². The SMILES string of the molecule is Fc1ccc(Cl)c(CC2(CCl)CC3CC3C2)c1. The van der Waals surface area contributed by atoms with Crippen molar-refractivity contribution in [1.29, 1.82) is 0 Å². The molecule has 3 rings (SSSR count). The van der Waals surface area contributed by atoms with Crippen molar-refractivity contribution in [2.75, 3.05) is 5.88 Å². The van der Waals surface area contributed by atoms with Gasteiger partial charge >= 0.3 is 0 Å². The molecule has 0 bridgehead atoms. The third kappa shape index (κ3) is 2.20. The van der Waals surface area contributed by atoms with Crippen LogP contribution in [-0.4, -0.2) is 5.88 Å². The van der Waals surface area contributed by atoms with E-state index in [-0.39, 0.29) is 11.2 Å². The van der Waals surface area contributed by atoms with Crippen LogP contribution in [0, 0.1) is 23.1 Å². The molecule has 2 unspecified atom stereocenters. The fourth-order valence-corrected chi connectivity index (χ4v) is 3.89. The molecule has 0 nitrogen and oxygen atoms in total. The molecule has 0 aromatic heterocycles. The molecule has 2 atom stereocenters. The zero-order chi connectivity index (χ0) is 12.0. The van der Waals surface area contributed by atoms with E-state index in [1.54, 1.807) is 12.1 Å². The van der Waals surface area contributed by atoms with Crippen LogP contribution in [0.4, 0.5) is 4.39 Å². The molecule has 2 aliphatic carbocycles. The Morgan fingerprint density at radius 1 is 1.29 bits per heavy atom. The summed E-state index contributed by atoms with van der Waals surface area (Å²) in [4.78, 5) is 0. The van der Waals surface area contributed by atoms with Crippen molar-refractivity contribution in [2.45, 2.75) is 25.7 Å². The molecule has 2 aliphatic rings. The maximum Gasteiger partial charge on any atom is 0.123 e. The summed E-state index contributed by atoms with van der Waals surface area (Å²) in [5.74, 6) is 2.20. The van der Waals surface area contributed by atoms with Gasteiger partial charge in [-0.3, -0.25) is 0 Å².